The summed E-state index contributed by atoms with van der Waals surface area (Å²) in [6.45, 7) is 6.12. The fourth-order valence-electron chi connectivity index (χ4n) is 7.11. The van der Waals surface area contributed by atoms with Crippen molar-refractivity contribution in [3.8, 4) is 16.8 Å². The Hall–Kier alpha value is -5.48. The van der Waals surface area contributed by atoms with Crippen LogP contribution in [0.2, 0.25) is 0 Å². The van der Waals surface area contributed by atoms with Crippen molar-refractivity contribution in [1.82, 2.24) is 4.57 Å². The average Bonchev–Trinajstić information content (AvgIpc) is 3.53. The topological polar surface area (TPSA) is 57.0 Å². The number of fused-ring (bicyclic) bond motifs is 8. The van der Waals surface area contributed by atoms with Crippen molar-refractivity contribution in [2.24, 2.45) is 11.7 Å². The Balaban J connectivity index is 0.000000233. The van der Waals surface area contributed by atoms with E-state index in [1.54, 1.807) is 0 Å². The molecule has 0 amide bonds. The number of benzene rings is 7. The van der Waals surface area contributed by atoms with Gasteiger partial charge in [0.25, 0.3) is 0 Å². The zero-order valence-electron chi connectivity index (χ0n) is 28.7. The SMILES string of the molecule is CC.Cc1ccc2ccccc2c1.NN.c1ccc(Cc2cccc(-n3c4c(c5c6ccccc6ccc53)-c3ccccc3CC4)c2)cc1. The van der Waals surface area contributed by atoms with Crippen molar-refractivity contribution < 1.29 is 0 Å². The molecule has 0 aliphatic heterocycles. The highest BCUT2D eigenvalue weighted by molar-refractivity contribution is 6.16. The maximum atomic E-state index is 4.00. The third-order valence-corrected chi connectivity index (χ3v) is 9.20. The number of hydrazine groups is 1. The highest BCUT2D eigenvalue weighted by atomic mass is 15.0. The molecule has 0 unspecified atom stereocenters. The second kappa shape index (κ2) is 15.6. The summed E-state index contributed by atoms with van der Waals surface area (Å²) in [5, 5.41) is 6.67. The number of aromatic nitrogens is 1. The average molecular weight is 640 g/mol. The molecular weight excluding hydrogens is 595 g/mol. The molecule has 8 aromatic rings. The van der Waals surface area contributed by atoms with Gasteiger partial charge in [-0.3, -0.25) is 11.7 Å². The summed E-state index contributed by atoms with van der Waals surface area (Å²) >= 11 is 0. The fourth-order valence-corrected chi connectivity index (χ4v) is 7.11. The second-order valence-electron chi connectivity index (χ2n) is 12.2. The van der Waals surface area contributed by atoms with Gasteiger partial charge < -0.3 is 4.57 Å². The molecule has 1 aliphatic carbocycles. The molecule has 4 N–H and O–H groups in total. The molecule has 0 fully saturated rings. The molecule has 49 heavy (non-hydrogen) atoms. The molecule has 0 radical (unpaired) electrons. The molecule has 0 saturated carbocycles. The van der Waals surface area contributed by atoms with Crippen molar-refractivity contribution in [3.63, 3.8) is 0 Å². The minimum atomic E-state index is 0.946. The largest absolute Gasteiger partial charge is 0.313 e. The van der Waals surface area contributed by atoms with Crippen LogP contribution in [-0.2, 0) is 19.3 Å². The number of hydrogen-bond acceptors (Lipinski definition) is 2. The van der Waals surface area contributed by atoms with Crippen LogP contribution in [0.1, 0.15) is 41.8 Å². The summed E-state index contributed by atoms with van der Waals surface area (Å²) in [5.74, 6) is 8.00. The van der Waals surface area contributed by atoms with Crippen molar-refractivity contribution in [2.45, 2.75) is 40.0 Å². The first kappa shape index (κ1) is 33.4. The molecule has 1 heterocycles. The van der Waals surface area contributed by atoms with Crippen LogP contribution in [-0.4, -0.2) is 4.57 Å². The molecule has 0 spiro atoms. The number of rotatable bonds is 3. The van der Waals surface area contributed by atoms with Crippen LogP contribution in [0.5, 0.6) is 0 Å². The Bertz CT molecular complexity index is 2310. The molecule has 7 aromatic carbocycles. The van der Waals surface area contributed by atoms with Gasteiger partial charge in [-0.05, 0) is 88.2 Å². The summed E-state index contributed by atoms with van der Waals surface area (Å²) in [6.07, 6.45) is 3.08. The molecule has 244 valence electrons. The maximum Gasteiger partial charge on any atom is 0.0544 e. The molecule has 9 rings (SSSR count). The Kier molecular flexibility index (Phi) is 10.6. The van der Waals surface area contributed by atoms with Gasteiger partial charge in [-0.25, -0.2) is 0 Å². The van der Waals surface area contributed by atoms with Gasteiger partial charge in [0.2, 0.25) is 0 Å². The Morgan fingerprint density at radius 2 is 1.20 bits per heavy atom. The molecule has 0 bridgehead atoms. The fraction of sp³-hybridized carbons (Fsp3) is 0.130. The van der Waals surface area contributed by atoms with Crippen LogP contribution in [0, 0.1) is 6.92 Å². The Labute approximate surface area is 290 Å². The van der Waals surface area contributed by atoms with Crippen molar-refractivity contribution in [1.29, 1.82) is 0 Å². The number of nitrogens with two attached hydrogens (primary N) is 2. The number of hydrogen-bond donors (Lipinski definition) is 2. The smallest absolute Gasteiger partial charge is 0.0544 e. The van der Waals surface area contributed by atoms with E-state index in [2.05, 4.69) is 181 Å². The minimum Gasteiger partial charge on any atom is -0.313 e. The molecular formula is C46H45N3. The molecule has 3 nitrogen and oxygen atoms in total. The van der Waals surface area contributed by atoms with Gasteiger partial charge in [0.1, 0.15) is 0 Å². The monoisotopic (exact) mass is 639 g/mol. The predicted octanol–water partition coefficient (Wildman–Crippen LogP) is 11.1. The molecule has 0 atom stereocenters. The predicted molar refractivity (Wildman–Crippen MR) is 211 cm³/mol. The minimum absolute atomic E-state index is 0.946. The normalized spacial score (nSPS) is 11.3. The first-order valence-corrected chi connectivity index (χ1v) is 17.3. The second-order valence-corrected chi connectivity index (χ2v) is 12.2. The summed E-state index contributed by atoms with van der Waals surface area (Å²) in [5.41, 5.74) is 12.3. The van der Waals surface area contributed by atoms with E-state index in [4.69, 9.17) is 0 Å². The number of aryl methyl sites for hydroxylation is 2. The lowest BCUT2D eigenvalue weighted by molar-refractivity contribution is 0.865. The summed E-state index contributed by atoms with van der Waals surface area (Å²) in [7, 11) is 0. The van der Waals surface area contributed by atoms with Crippen LogP contribution < -0.4 is 11.7 Å². The summed E-state index contributed by atoms with van der Waals surface area (Å²) < 4.78 is 2.53. The molecule has 1 aromatic heterocycles. The van der Waals surface area contributed by atoms with Crippen LogP contribution in [0.25, 0.3) is 49.3 Å². The number of nitrogens with zero attached hydrogens (tertiary/aromatic N) is 1. The summed E-state index contributed by atoms with van der Waals surface area (Å²) in [6, 6.07) is 57.2. The highest BCUT2D eigenvalue weighted by Gasteiger charge is 2.26. The van der Waals surface area contributed by atoms with Crippen LogP contribution in [0.15, 0.2) is 158 Å². The zero-order valence-corrected chi connectivity index (χ0v) is 28.7. The van der Waals surface area contributed by atoms with E-state index in [0.717, 1.165) is 19.3 Å². The first-order chi connectivity index (χ1) is 24.2. The van der Waals surface area contributed by atoms with Gasteiger partial charge in [-0.2, -0.15) is 0 Å². The van der Waals surface area contributed by atoms with Crippen molar-refractivity contribution in [2.75, 3.05) is 0 Å². The molecule has 3 heteroatoms. The third kappa shape index (κ3) is 6.91. The molecule has 0 saturated heterocycles. The van der Waals surface area contributed by atoms with Crippen molar-refractivity contribution in [3.05, 3.63) is 186 Å². The highest BCUT2D eigenvalue weighted by Crippen LogP contribution is 2.45. The van der Waals surface area contributed by atoms with Gasteiger partial charge in [-0.15, -0.1) is 0 Å². The zero-order chi connectivity index (χ0) is 34.2. The lowest BCUT2D eigenvalue weighted by Gasteiger charge is -2.20. The van der Waals surface area contributed by atoms with Crippen LogP contribution in [0.4, 0.5) is 0 Å². The Morgan fingerprint density at radius 1 is 0.551 bits per heavy atom. The third-order valence-electron chi connectivity index (χ3n) is 9.20. The van der Waals surface area contributed by atoms with Gasteiger partial charge in [0.15, 0.2) is 0 Å². The van der Waals surface area contributed by atoms with E-state index in [1.165, 1.54) is 77.2 Å². The Morgan fingerprint density at radius 3 is 2.02 bits per heavy atom. The lowest BCUT2D eigenvalue weighted by atomic mass is 9.87. The van der Waals surface area contributed by atoms with Crippen molar-refractivity contribution >= 4 is 32.4 Å². The van der Waals surface area contributed by atoms with E-state index in [1.807, 2.05) is 13.8 Å². The summed E-state index contributed by atoms with van der Waals surface area (Å²) in [4.78, 5) is 0. The lowest BCUT2D eigenvalue weighted by Crippen LogP contribution is -2.08. The van der Waals surface area contributed by atoms with E-state index < -0.39 is 0 Å². The van der Waals surface area contributed by atoms with Crippen LogP contribution >= 0.6 is 0 Å². The van der Waals surface area contributed by atoms with Gasteiger partial charge in [0.05, 0.1) is 5.52 Å². The van der Waals surface area contributed by atoms with Gasteiger partial charge in [-0.1, -0.05) is 159 Å². The van der Waals surface area contributed by atoms with Crippen LogP contribution in [0.3, 0.4) is 0 Å². The first-order valence-electron chi connectivity index (χ1n) is 17.3. The van der Waals surface area contributed by atoms with E-state index >= 15 is 0 Å². The van der Waals surface area contributed by atoms with Gasteiger partial charge in [0, 0.05) is 22.3 Å². The van der Waals surface area contributed by atoms with E-state index in [0.29, 0.717) is 0 Å². The maximum absolute atomic E-state index is 4.00. The van der Waals surface area contributed by atoms with E-state index in [-0.39, 0.29) is 0 Å². The molecule has 1 aliphatic rings. The van der Waals surface area contributed by atoms with Gasteiger partial charge >= 0.3 is 0 Å². The standard InChI is InChI=1S/C33H25N.C11H10.C2H6.H4N2/c1-2-9-23(10-3-1)21-24-11-8-14-27(22-24)34-30-19-17-25-12-4-6-15-28(25)32(30)33-29-16-7-5-13-26(29)18-20-31(33)34;1-9-6-7-10-4-2-3-5-11(10)8-9;2*1-2/h1-17,19,22H,18,20-21H2;2-8H,1H3;1-2H3;1-2H2. The van der Waals surface area contributed by atoms with E-state index in [9.17, 15) is 0 Å². The quantitative estimate of drug-likeness (QED) is 0.149.